The highest BCUT2D eigenvalue weighted by atomic mass is 16.5. The molecule has 32 heavy (non-hydrogen) atoms. The summed E-state index contributed by atoms with van der Waals surface area (Å²) in [5.74, 6) is -0.665. The predicted molar refractivity (Wildman–Crippen MR) is 122 cm³/mol. The second kappa shape index (κ2) is 8.94. The highest BCUT2D eigenvalue weighted by Gasteiger charge is 2.34. The molecule has 0 saturated carbocycles. The molecule has 0 spiro atoms. The van der Waals surface area contributed by atoms with Gasteiger partial charge in [-0.05, 0) is 67.2 Å². The van der Waals surface area contributed by atoms with Gasteiger partial charge in [-0.3, -0.25) is 19.6 Å². The topological polar surface area (TPSA) is 112 Å². The summed E-state index contributed by atoms with van der Waals surface area (Å²) in [5, 5.41) is 16.2. The Bertz CT molecular complexity index is 1230. The average molecular weight is 434 g/mol. The predicted octanol–water partition coefficient (Wildman–Crippen LogP) is 2.50. The number of anilines is 1. The molecule has 3 aromatic rings. The van der Waals surface area contributed by atoms with E-state index in [1.807, 2.05) is 31.2 Å². The van der Waals surface area contributed by atoms with Gasteiger partial charge in [-0.25, -0.2) is 5.48 Å². The molecule has 1 fully saturated rings. The van der Waals surface area contributed by atoms with E-state index in [-0.39, 0.29) is 17.0 Å². The number of pyridine rings is 1. The van der Waals surface area contributed by atoms with Crippen molar-refractivity contribution < 1.29 is 14.8 Å². The molecule has 2 heterocycles. The number of benzene rings is 2. The molecular formula is C24H26N4O4. The minimum atomic E-state index is -0.674. The number of nitrogens with zero attached hydrogens (tertiary/aromatic N) is 1. The van der Waals surface area contributed by atoms with Gasteiger partial charge in [0.15, 0.2) is 0 Å². The van der Waals surface area contributed by atoms with Gasteiger partial charge in [0, 0.05) is 28.2 Å². The van der Waals surface area contributed by atoms with Crippen LogP contribution < -0.4 is 21.7 Å². The third-order valence-electron chi connectivity index (χ3n) is 6.14. The van der Waals surface area contributed by atoms with Crippen LogP contribution in [0.1, 0.15) is 35.7 Å². The summed E-state index contributed by atoms with van der Waals surface area (Å²) in [6.45, 7) is 3.97. The second-order valence-electron chi connectivity index (χ2n) is 8.46. The fraction of sp³-hybridized carbons (Fsp3) is 0.292. The van der Waals surface area contributed by atoms with Crippen molar-refractivity contribution in [3.63, 3.8) is 0 Å². The lowest BCUT2D eigenvalue weighted by atomic mass is 9.80. The maximum absolute atomic E-state index is 13.0. The van der Waals surface area contributed by atoms with Crippen LogP contribution in [-0.4, -0.2) is 34.7 Å². The van der Waals surface area contributed by atoms with Crippen molar-refractivity contribution >= 4 is 28.3 Å². The van der Waals surface area contributed by atoms with Crippen LogP contribution >= 0.6 is 0 Å². The maximum atomic E-state index is 13.0. The van der Waals surface area contributed by atoms with Crippen molar-refractivity contribution in [1.29, 1.82) is 0 Å². The Morgan fingerprint density at radius 1 is 1.12 bits per heavy atom. The summed E-state index contributed by atoms with van der Waals surface area (Å²) in [6.07, 6.45) is 3.29. The lowest BCUT2D eigenvalue weighted by Crippen LogP contribution is -2.42. The number of hydrogen-bond donors (Lipinski definition) is 4. The van der Waals surface area contributed by atoms with Crippen LogP contribution in [0.25, 0.3) is 10.8 Å². The lowest BCUT2D eigenvalue weighted by molar-refractivity contribution is -0.126. The fourth-order valence-electron chi connectivity index (χ4n) is 4.04. The van der Waals surface area contributed by atoms with Crippen molar-refractivity contribution in [2.45, 2.75) is 26.3 Å². The third kappa shape index (κ3) is 4.42. The van der Waals surface area contributed by atoms with E-state index >= 15 is 0 Å². The number of fused-ring (bicyclic) bond motifs is 1. The van der Waals surface area contributed by atoms with Crippen LogP contribution in [-0.2, 0) is 11.3 Å². The molecule has 0 atom stereocenters. The Balaban J connectivity index is 1.56. The average Bonchev–Trinajstić information content (AvgIpc) is 2.81. The number of aromatic nitrogens is 1. The van der Waals surface area contributed by atoms with Crippen molar-refractivity contribution in [2.24, 2.45) is 5.41 Å². The SMILES string of the molecule is CC1(C(=O)Nc2cccc(Cn3ccc4ccc(C(=O)NO)cc4c3=O)c2)CCNCC1. The van der Waals surface area contributed by atoms with E-state index in [1.54, 1.807) is 34.4 Å². The van der Waals surface area contributed by atoms with Gasteiger partial charge in [0.2, 0.25) is 5.91 Å². The molecule has 1 aliphatic rings. The van der Waals surface area contributed by atoms with E-state index < -0.39 is 11.3 Å². The number of nitrogens with one attached hydrogen (secondary N) is 3. The maximum Gasteiger partial charge on any atom is 0.274 e. The summed E-state index contributed by atoms with van der Waals surface area (Å²) in [4.78, 5) is 37.5. The molecule has 2 amide bonds. The number of rotatable bonds is 5. The van der Waals surface area contributed by atoms with Crippen LogP contribution in [0, 0.1) is 5.41 Å². The van der Waals surface area contributed by atoms with E-state index in [1.165, 1.54) is 6.07 Å². The Morgan fingerprint density at radius 2 is 1.91 bits per heavy atom. The molecular weight excluding hydrogens is 408 g/mol. The number of piperidine rings is 1. The molecule has 0 unspecified atom stereocenters. The molecule has 0 aliphatic carbocycles. The summed E-state index contributed by atoms with van der Waals surface area (Å²) in [7, 11) is 0. The molecule has 1 aromatic heterocycles. The fourth-order valence-corrected chi connectivity index (χ4v) is 4.04. The number of carbonyl (C=O) groups is 2. The second-order valence-corrected chi connectivity index (χ2v) is 8.46. The van der Waals surface area contributed by atoms with Gasteiger partial charge >= 0.3 is 0 Å². The monoisotopic (exact) mass is 434 g/mol. The quantitative estimate of drug-likeness (QED) is 0.364. The van der Waals surface area contributed by atoms with E-state index in [0.717, 1.165) is 31.5 Å². The number of hydrogen-bond acceptors (Lipinski definition) is 5. The van der Waals surface area contributed by atoms with Crippen molar-refractivity contribution in [3.05, 3.63) is 76.2 Å². The third-order valence-corrected chi connectivity index (χ3v) is 6.14. The van der Waals surface area contributed by atoms with E-state index in [9.17, 15) is 14.4 Å². The molecule has 4 N–H and O–H groups in total. The molecule has 1 saturated heterocycles. The molecule has 8 nitrogen and oxygen atoms in total. The number of amides is 2. The van der Waals surface area contributed by atoms with Crippen LogP contribution in [0.3, 0.4) is 0 Å². The number of carbonyl (C=O) groups excluding carboxylic acids is 2. The Labute approximate surface area is 185 Å². The smallest absolute Gasteiger partial charge is 0.274 e. The highest BCUT2D eigenvalue weighted by molar-refractivity contribution is 5.97. The molecule has 1 aliphatic heterocycles. The van der Waals surface area contributed by atoms with Crippen LogP contribution in [0.15, 0.2) is 59.5 Å². The zero-order valence-corrected chi connectivity index (χ0v) is 17.9. The van der Waals surface area contributed by atoms with Crippen molar-refractivity contribution in [2.75, 3.05) is 18.4 Å². The van der Waals surface area contributed by atoms with Crippen LogP contribution in [0.4, 0.5) is 5.69 Å². The van der Waals surface area contributed by atoms with Crippen LogP contribution in [0.2, 0.25) is 0 Å². The number of hydroxylamine groups is 1. The first kappa shape index (κ1) is 21.7. The van der Waals surface area contributed by atoms with Gasteiger partial charge in [-0.2, -0.15) is 0 Å². The first-order valence-corrected chi connectivity index (χ1v) is 10.6. The minimum Gasteiger partial charge on any atom is -0.326 e. The lowest BCUT2D eigenvalue weighted by Gasteiger charge is -2.32. The zero-order chi connectivity index (χ0) is 22.7. The van der Waals surface area contributed by atoms with E-state index in [2.05, 4.69) is 10.6 Å². The Morgan fingerprint density at radius 3 is 2.66 bits per heavy atom. The van der Waals surface area contributed by atoms with Gasteiger partial charge < -0.3 is 15.2 Å². The Hall–Kier alpha value is -3.49. The zero-order valence-electron chi connectivity index (χ0n) is 17.9. The van der Waals surface area contributed by atoms with Gasteiger partial charge in [0.05, 0.1) is 6.54 Å². The minimum absolute atomic E-state index is 0.00807. The van der Waals surface area contributed by atoms with Crippen LogP contribution in [0.5, 0.6) is 0 Å². The van der Waals surface area contributed by atoms with Crippen molar-refractivity contribution in [3.8, 4) is 0 Å². The summed E-state index contributed by atoms with van der Waals surface area (Å²) in [6, 6.07) is 14.0. The van der Waals surface area contributed by atoms with Gasteiger partial charge in [-0.1, -0.05) is 25.1 Å². The summed E-state index contributed by atoms with van der Waals surface area (Å²) < 4.78 is 1.55. The molecule has 2 aromatic carbocycles. The molecule has 4 rings (SSSR count). The summed E-state index contributed by atoms with van der Waals surface area (Å²) >= 11 is 0. The summed E-state index contributed by atoms with van der Waals surface area (Å²) in [5.41, 5.74) is 2.71. The first-order valence-electron chi connectivity index (χ1n) is 10.6. The largest absolute Gasteiger partial charge is 0.326 e. The standard InChI is InChI=1S/C24H26N4O4/c1-24(8-10-25-11-9-24)23(31)26-19-4-2-3-16(13-19)15-28-12-7-17-5-6-18(21(29)27-32)14-20(17)22(28)30/h2-7,12-14,25,32H,8-11,15H2,1H3,(H,26,31)(H,27,29). The molecule has 0 bridgehead atoms. The van der Waals surface area contributed by atoms with Gasteiger partial charge in [-0.15, -0.1) is 0 Å². The highest BCUT2D eigenvalue weighted by Crippen LogP contribution is 2.29. The Kier molecular flexibility index (Phi) is 6.07. The van der Waals surface area contributed by atoms with Crippen molar-refractivity contribution in [1.82, 2.24) is 15.4 Å². The van der Waals surface area contributed by atoms with Gasteiger partial charge in [0.25, 0.3) is 11.5 Å². The molecule has 0 radical (unpaired) electrons. The first-order chi connectivity index (χ1) is 15.4. The molecule has 8 heteroatoms. The normalized spacial score (nSPS) is 15.3. The van der Waals surface area contributed by atoms with E-state index in [4.69, 9.17) is 5.21 Å². The molecule has 166 valence electrons. The van der Waals surface area contributed by atoms with E-state index in [0.29, 0.717) is 23.0 Å². The van der Waals surface area contributed by atoms with Gasteiger partial charge in [0.1, 0.15) is 0 Å².